The fourth-order valence-electron chi connectivity index (χ4n) is 2.71. The van der Waals surface area contributed by atoms with Gasteiger partial charge in [-0.1, -0.05) is 29.8 Å². The van der Waals surface area contributed by atoms with Crippen molar-refractivity contribution < 1.29 is 8.42 Å². The average Bonchev–Trinajstić information content (AvgIpc) is 3.19. The number of thiazole rings is 1. The van der Waals surface area contributed by atoms with Crippen molar-refractivity contribution in [1.82, 2.24) is 9.97 Å². The van der Waals surface area contributed by atoms with E-state index in [0.717, 1.165) is 27.4 Å². The molecule has 2 aromatic carbocycles. The van der Waals surface area contributed by atoms with Crippen LogP contribution in [-0.2, 0) is 10.0 Å². The maximum atomic E-state index is 12.6. The summed E-state index contributed by atoms with van der Waals surface area (Å²) >= 11 is 1.54. The van der Waals surface area contributed by atoms with E-state index in [1.807, 2.05) is 36.6 Å². The molecule has 1 N–H and O–H groups in total. The summed E-state index contributed by atoms with van der Waals surface area (Å²) in [5.74, 6) is 0. The van der Waals surface area contributed by atoms with E-state index >= 15 is 0 Å². The van der Waals surface area contributed by atoms with Gasteiger partial charge in [-0.3, -0.25) is 9.71 Å². The molecule has 4 aromatic rings. The Kier molecular flexibility index (Phi) is 4.93. The molecule has 0 aliphatic carbocycles. The van der Waals surface area contributed by atoms with E-state index in [1.54, 1.807) is 48.8 Å². The molecule has 2 aromatic heterocycles. The summed E-state index contributed by atoms with van der Waals surface area (Å²) in [5, 5.41) is 2.85. The lowest BCUT2D eigenvalue weighted by atomic mass is 10.1. The first-order valence-corrected chi connectivity index (χ1v) is 10.9. The molecule has 0 atom stereocenters. The number of sulfonamides is 1. The van der Waals surface area contributed by atoms with Crippen LogP contribution in [-0.4, -0.2) is 18.4 Å². The number of aromatic nitrogens is 2. The molecule has 2 heterocycles. The molecule has 7 heteroatoms. The molecule has 4 rings (SSSR count). The third-order valence-corrected chi connectivity index (χ3v) is 6.46. The van der Waals surface area contributed by atoms with E-state index in [-0.39, 0.29) is 4.90 Å². The number of hydrogen-bond donors (Lipinski definition) is 1. The summed E-state index contributed by atoms with van der Waals surface area (Å²) in [5.41, 5.74) is 4.15. The van der Waals surface area contributed by atoms with E-state index in [4.69, 9.17) is 0 Å². The van der Waals surface area contributed by atoms with Crippen molar-refractivity contribution in [2.24, 2.45) is 0 Å². The number of aryl methyl sites for hydroxylation is 1. The Morgan fingerprint density at radius 1 is 0.929 bits per heavy atom. The van der Waals surface area contributed by atoms with Crippen molar-refractivity contribution in [3.05, 3.63) is 84.0 Å². The standard InChI is InChI=1S/C21H17N3O2S2/c1-15-5-7-19(8-6-15)28(25,26)24-18-4-2-3-17(13-18)20-14-27-21(23-20)16-9-11-22-12-10-16/h2-14,24H,1H3. The van der Waals surface area contributed by atoms with Gasteiger partial charge < -0.3 is 0 Å². The van der Waals surface area contributed by atoms with Gasteiger partial charge in [0.05, 0.1) is 10.6 Å². The number of pyridine rings is 1. The molecule has 0 saturated carbocycles. The van der Waals surface area contributed by atoms with E-state index < -0.39 is 10.0 Å². The second-order valence-corrected chi connectivity index (χ2v) is 8.81. The number of nitrogens with one attached hydrogen (secondary N) is 1. The van der Waals surface area contributed by atoms with E-state index in [2.05, 4.69) is 14.7 Å². The summed E-state index contributed by atoms with van der Waals surface area (Å²) in [6, 6.07) is 17.8. The predicted molar refractivity (Wildman–Crippen MR) is 113 cm³/mol. The Bertz CT molecular complexity index is 1200. The van der Waals surface area contributed by atoms with Crippen molar-refractivity contribution >= 4 is 27.0 Å². The Hall–Kier alpha value is -3.03. The third kappa shape index (κ3) is 3.95. The van der Waals surface area contributed by atoms with E-state index in [1.165, 1.54) is 11.3 Å². The number of benzene rings is 2. The normalized spacial score (nSPS) is 11.3. The number of hydrogen-bond acceptors (Lipinski definition) is 5. The molecule has 0 aliphatic heterocycles. The molecular weight excluding hydrogens is 390 g/mol. The van der Waals surface area contributed by atoms with Crippen LogP contribution in [0.4, 0.5) is 5.69 Å². The summed E-state index contributed by atoms with van der Waals surface area (Å²) in [6.45, 7) is 1.92. The van der Waals surface area contributed by atoms with Gasteiger partial charge in [-0.2, -0.15) is 0 Å². The van der Waals surface area contributed by atoms with Crippen LogP contribution < -0.4 is 4.72 Å². The summed E-state index contributed by atoms with van der Waals surface area (Å²) in [7, 11) is -3.64. The highest BCUT2D eigenvalue weighted by Crippen LogP contribution is 2.30. The topological polar surface area (TPSA) is 72.0 Å². The minimum absolute atomic E-state index is 0.233. The first-order chi connectivity index (χ1) is 13.5. The molecule has 28 heavy (non-hydrogen) atoms. The molecule has 0 fully saturated rings. The molecule has 0 amide bonds. The molecular formula is C21H17N3O2S2. The lowest BCUT2D eigenvalue weighted by Gasteiger charge is -2.09. The second kappa shape index (κ2) is 7.53. The Morgan fingerprint density at radius 3 is 2.43 bits per heavy atom. The van der Waals surface area contributed by atoms with Gasteiger partial charge in [-0.25, -0.2) is 13.4 Å². The van der Waals surface area contributed by atoms with Crippen LogP contribution in [0.2, 0.25) is 0 Å². The van der Waals surface area contributed by atoms with E-state index in [9.17, 15) is 8.42 Å². The largest absolute Gasteiger partial charge is 0.280 e. The van der Waals surface area contributed by atoms with Crippen LogP contribution in [0.15, 0.2) is 83.3 Å². The number of rotatable bonds is 5. The monoisotopic (exact) mass is 407 g/mol. The van der Waals surface area contributed by atoms with Gasteiger partial charge in [0, 0.05) is 34.6 Å². The van der Waals surface area contributed by atoms with Gasteiger partial charge >= 0.3 is 0 Å². The lowest BCUT2D eigenvalue weighted by molar-refractivity contribution is 0.601. The Morgan fingerprint density at radius 2 is 1.68 bits per heavy atom. The van der Waals surface area contributed by atoms with Crippen molar-refractivity contribution in [2.45, 2.75) is 11.8 Å². The van der Waals surface area contributed by atoms with Crippen LogP contribution in [0.5, 0.6) is 0 Å². The van der Waals surface area contributed by atoms with Gasteiger partial charge in [0.1, 0.15) is 5.01 Å². The zero-order valence-corrected chi connectivity index (χ0v) is 16.7. The number of anilines is 1. The maximum Gasteiger partial charge on any atom is 0.261 e. The quantitative estimate of drug-likeness (QED) is 0.506. The molecule has 140 valence electrons. The van der Waals surface area contributed by atoms with Gasteiger partial charge in [-0.15, -0.1) is 11.3 Å². The van der Waals surface area contributed by atoms with Crippen molar-refractivity contribution in [1.29, 1.82) is 0 Å². The minimum atomic E-state index is -3.64. The van der Waals surface area contributed by atoms with Gasteiger partial charge in [0.2, 0.25) is 0 Å². The van der Waals surface area contributed by atoms with Crippen LogP contribution in [0.1, 0.15) is 5.56 Å². The third-order valence-electron chi connectivity index (χ3n) is 4.17. The first-order valence-electron chi connectivity index (χ1n) is 8.57. The van der Waals surface area contributed by atoms with Crippen LogP contribution in [0.25, 0.3) is 21.8 Å². The Labute approximate surface area is 167 Å². The SMILES string of the molecule is Cc1ccc(S(=O)(=O)Nc2cccc(-c3csc(-c4ccncc4)n3)c2)cc1. The zero-order valence-electron chi connectivity index (χ0n) is 15.0. The molecule has 0 bridgehead atoms. The number of nitrogens with zero attached hydrogens (tertiary/aromatic N) is 2. The van der Waals surface area contributed by atoms with Gasteiger partial charge in [0.25, 0.3) is 10.0 Å². The highest BCUT2D eigenvalue weighted by atomic mass is 32.2. The highest BCUT2D eigenvalue weighted by Gasteiger charge is 2.14. The fraction of sp³-hybridized carbons (Fsp3) is 0.0476. The molecule has 0 saturated heterocycles. The summed E-state index contributed by atoms with van der Waals surface area (Å²) in [4.78, 5) is 8.93. The second-order valence-electron chi connectivity index (χ2n) is 6.27. The Balaban J connectivity index is 1.60. The molecule has 0 unspecified atom stereocenters. The first kappa shape index (κ1) is 18.3. The van der Waals surface area contributed by atoms with Crippen LogP contribution >= 0.6 is 11.3 Å². The molecule has 0 radical (unpaired) electrons. The maximum absolute atomic E-state index is 12.6. The van der Waals surface area contributed by atoms with Gasteiger partial charge in [-0.05, 0) is 43.3 Å². The minimum Gasteiger partial charge on any atom is -0.280 e. The molecule has 0 spiro atoms. The average molecular weight is 408 g/mol. The zero-order chi connectivity index (χ0) is 19.6. The highest BCUT2D eigenvalue weighted by molar-refractivity contribution is 7.92. The van der Waals surface area contributed by atoms with E-state index in [0.29, 0.717) is 5.69 Å². The molecule has 0 aliphatic rings. The van der Waals surface area contributed by atoms with Crippen LogP contribution in [0, 0.1) is 6.92 Å². The fourth-order valence-corrected chi connectivity index (χ4v) is 4.59. The van der Waals surface area contributed by atoms with Crippen LogP contribution in [0.3, 0.4) is 0 Å². The predicted octanol–water partition coefficient (Wildman–Crippen LogP) is 4.98. The lowest BCUT2D eigenvalue weighted by Crippen LogP contribution is -2.12. The van der Waals surface area contributed by atoms with Crippen molar-refractivity contribution in [3.8, 4) is 21.8 Å². The summed E-state index contributed by atoms with van der Waals surface area (Å²) < 4.78 is 27.9. The smallest absolute Gasteiger partial charge is 0.261 e. The van der Waals surface area contributed by atoms with Crippen molar-refractivity contribution in [3.63, 3.8) is 0 Å². The van der Waals surface area contributed by atoms with Gasteiger partial charge in [0.15, 0.2) is 0 Å². The van der Waals surface area contributed by atoms with Crippen molar-refractivity contribution in [2.75, 3.05) is 4.72 Å². The molecule has 5 nitrogen and oxygen atoms in total. The summed E-state index contributed by atoms with van der Waals surface area (Å²) in [6.07, 6.45) is 3.47.